The quantitative estimate of drug-likeness (QED) is 0.145. The topological polar surface area (TPSA) is 0 Å². The Morgan fingerprint density at radius 3 is 1.52 bits per heavy atom. The maximum atomic E-state index is 2.68. The maximum absolute atomic E-state index is 2.68. The predicted molar refractivity (Wildman–Crippen MR) is 272 cm³/mol. The first-order valence-electron chi connectivity index (χ1n) is 23.5. The van der Waals surface area contributed by atoms with Crippen LogP contribution in [0.3, 0.4) is 0 Å². The van der Waals surface area contributed by atoms with Gasteiger partial charge in [-0.1, -0.05) is 190 Å². The fraction of sp³-hybridized carbons (Fsp3) is 0.246. The van der Waals surface area contributed by atoms with Gasteiger partial charge in [0.15, 0.2) is 0 Å². The molecule has 0 radical (unpaired) electrons. The summed E-state index contributed by atoms with van der Waals surface area (Å²) in [6.45, 7) is 26.5. The predicted octanol–water partition coefficient (Wildman–Crippen LogP) is 10.4. The fourth-order valence-corrected chi connectivity index (χ4v) is 14.4. The maximum Gasteiger partial charge on any atom is 0.243 e. The lowest BCUT2D eigenvalue weighted by Crippen LogP contribution is -2.60. The van der Waals surface area contributed by atoms with Crippen molar-refractivity contribution in [3.05, 3.63) is 187 Å². The van der Waals surface area contributed by atoms with Crippen molar-refractivity contribution >= 4 is 57.0 Å². The Hall–Kier alpha value is -5.85. The lowest BCUT2D eigenvalue weighted by atomic mass is 9.30. The highest BCUT2D eigenvalue weighted by Crippen LogP contribution is 2.57. The van der Waals surface area contributed by atoms with Gasteiger partial charge in [-0.05, 0) is 162 Å². The largest absolute Gasteiger partial charge is 0.243 e. The Balaban J connectivity index is 1.01. The Kier molecular flexibility index (Phi) is 7.32. The van der Waals surface area contributed by atoms with Crippen molar-refractivity contribution in [2.75, 3.05) is 0 Å². The minimum Gasteiger partial charge on any atom is -0.0683 e. The van der Waals surface area contributed by atoms with Crippen LogP contribution in [0.2, 0.25) is 0 Å². The van der Waals surface area contributed by atoms with Crippen molar-refractivity contribution in [3.8, 4) is 33.4 Å². The number of hydrogen-bond acceptors (Lipinski definition) is 0. The van der Waals surface area contributed by atoms with E-state index in [0.717, 1.165) is 12.8 Å². The molecule has 0 nitrogen and oxygen atoms in total. The van der Waals surface area contributed by atoms with Crippen LogP contribution in [-0.4, -0.2) is 13.4 Å². The number of benzene rings is 8. The van der Waals surface area contributed by atoms with Gasteiger partial charge in [0.1, 0.15) is 0 Å². The van der Waals surface area contributed by atoms with Crippen LogP contribution >= 0.6 is 0 Å². The molecule has 2 aliphatic carbocycles. The van der Waals surface area contributed by atoms with Gasteiger partial charge in [0.05, 0.1) is 0 Å². The Morgan fingerprint density at radius 1 is 0.397 bits per heavy atom. The summed E-state index contributed by atoms with van der Waals surface area (Å²) < 4.78 is 0. The van der Waals surface area contributed by atoms with Crippen LogP contribution in [0.25, 0.3) is 44.2 Å². The fourth-order valence-electron chi connectivity index (χ4n) is 14.4. The van der Waals surface area contributed by atoms with Crippen LogP contribution in [0.1, 0.15) is 111 Å². The monoisotopic (exact) mass is 808 g/mol. The second kappa shape index (κ2) is 12.2. The van der Waals surface area contributed by atoms with Gasteiger partial charge in [-0.2, -0.15) is 0 Å². The highest BCUT2D eigenvalue weighted by Gasteiger charge is 2.46. The third-order valence-electron chi connectivity index (χ3n) is 16.8. The number of rotatable bonds is 1. The van der Waals surface area contributed by atoms with E-state index in [1.165, 1.54) is 155 Å². The van der Waals surface area contributed by atoms with Crippen LogP contribution in [-0.2, 0) is 23.7 Å². The molecule has 3 aliphatic heterocycles. The molecule has 8 aromatic carbocycles. The number of hydrogen-bond donors (Lipinski definition) is 0. The minimum atomic E-state index is -0.162. The van der Waals surface area contributed by atoms with E-state index in [9.17, 15) is 0 Å². The highest BCUT2D eigenvalue weighted by atomic mass is 14.5. The molecule has 0 amide bonds. The van der Waals surface area contributed by atoms with E-state index >= 15 is 0 Å². The number of fused-ring (bicyclic) bond motifs is 13. The SMILES string of the molecule is Cc1cc(C)c2c(c1)Cc1cc(C)cc(C)c1B2c1ccc2c(c1)C(C)(C)c1cc3c(cc1-2)C(C)(C)c1cc2c4c(cccc4c1-3)-c1cc(C)cc3c1B2c1c(C)cc(C)cc1C3. The van der Waals surface area contributed by atoms with E-state index in [1.54, 1.807) is 5.46 Å². The molecule has 5 aliphatic rings. The third-order valence-corrected chi connectivity index (χ3v) is 16.8. The van der Waals surface area contributed by atoms with Gasteiger partial charge in [-0.3, -0.25) is 0 Å². The molecule has 304 valence electrons. The lowest BCUT2D eigenvalue weighted by Gasteiger charge is -2.36. The molecule has 0 bridgehead atoms. The molecule has 2 heteroatoms. The van der Waals surface area contributed by atoms with Crippen LogP contribution in [0.4, 0.5) is 0 Å². The lowest BCUT2D eigenvalue weighted by molar-refractivity contribution is 0.652. The van der Waals surface area contributed by atoms with Gasteiger partial charge in [0.2, 0.25) is 13.4 Å². The zero-order chi connectivity index (χ0) is 43.3. The summed E-state index contributed by atoms with van der Waals surface area (Å²) >= 11 is 0. The molecule has 0 saturated heterocycles. The van der Waals surface area contributed by atoms with Crippen molar-refractivity contribution < 1.29 is 0 Å². The van der Waals surface area contributed by atoms with Gasteiger partial charge in [0, 0.05) is 10.8 Å². The van der Waals surface area contributed by atoms with E-state index in [0.29, 0.717) is 0 Å². The summed E-state index contributed by atoms with van der Waals surface area (Å²) in [7, 11) is 0. The summed E-state index contributed by atoms with van der Waals surface area (Å²) in [6.07, 6.45) is 2.02. The van der Waals surface area contributed by atoms with Crippen molar-refractivity contribution in [1.29, 1.82) is 0 Å². The Labute approximate surface area is 375 Å². The van der Waals surface area contributed by atoms with E-state index in [1.807, 2.05) is 0 Å². The highest BCUT2D eigenvalue weighted by molar-refractivity contribution is 7.00. The van der Waals surface area contributed by atoms with Crippen LogP contribution in [0.5, 0.6) is 0 Å². The van der Waals surface area contributed by atoms with Crippen LogP contribution < -0.4 is 32.8 Å². The number of aryl methyl sites for hydroxylation is 7. The Morgan fingerprint density at radius 2 is 0.905 bits per heavy atom. The normalized spacial score (nSPS) is 15.9. The minimum absolute atomic E-state index is 0.158. The molecule has 8 aromatic rings. The van der Waals surface area contributed by atoms with E-state index in [4.69, 9.17) is 0 Å². The second-order valence-corrected chi connectivity index (χ2v) is 21.7. The zero-order valence-electron chi connectivity index (χ0n) is 38.9. The molecule has 63 heavy (non-hydrogen) atoms. The summed E-state index contributed by atoms with van der Waals surface area (Å²) in [6, 6.07) is 42.3. The van der Waals surface area contributed by atoms with Crippen molar-refractivity contribution in [3.63, 3.8) is 0 Å². The van der Waals surface area contributed by atoms with Crippen LogP contribution in [0.15, 0.2) is 103 Å². The summed E-state index contributed by atoms with van der Waals surface area (Å²) in [5.41, 5.74) is 38.8. The summed E-state index contributed by atoms with van der Waals surface area (Å²) in [5, 5.41) is 2.87. The molecular weight excluding hydrogens is 754 g/mol. The van der Waals surface area contributed by atoms with Crippen molar-refractivity contribution in [2.24, 2.45) is 0 Å². The first-order valence-corrected chi connectivity index (χ1v) is 23.5. The van der Waals surface area contributed by atoms with Gasteiger partial charge < -0.3 is 0 Å². The second-order valence-electron chi connectivity index (χ2n) is 21.7. The first kappa shape index (κ1) is 37.7. The van der Waals surface area contributed by atoms with Crippen LogP contribution in [0, 0.1) is 48.5 Å². The standard InChI is InChI=1S/C61H54B2/c1-31-17-35(5)56-38(20-31)25-39-21-32(2)18-36(6)57(39)62(56)42-15-16-43-46-28-51-48(29-50(46)60(8,9)49(43)27-42)54-45-14-12-13-44-47-24-34(4)23-41-26-40-22-33(3)19-37(7)58(40)63(59(41)47)53(55(44)45)30-52(54)61(51,10)11/h12-24,27-30H,25-26H2,1-11H3. The molecule has 13 rings (SSSR count). The molecule has 0 saturated carbocycles. The molecule has 0 aromatic heterocycles. The molecule has 0 fully saturated rings. The first-order chi connectivity index (χ1) is 30.1. The van der Waals surface area contributed by atoms with Crippen molar-refractivity contribution in [2.45, 2.75) is 99.8 Å². The molecule has 0 atom stereocenters. The van der Waals surface area contributed by atoms with E-state index in [2.05, 4.69) is 179 Å². The molecule has 3 heterocycles. The average Bonchev–Trinajstić information content (AvgIpc) is 3.58. The smallest absolute Gasteiger partial charge is 0.0683 e. The molecule has 0 spiro atoms. The molecular formula is C61H54B2. The average molecular weight is 809 g/mol. The van der Waals surface area contributed by atoms with Gasteiger partial charge in [-0.25, -0.2) is 0 Å². The molecule has 0 unspecified atom stereocenters. The van der Waals surface area contributed by atoms with Gasteiger partial charge in [-0.15, -0.1) is 0 Å². The van der Waals surface area contributed by atoms with Gasteiger partial charge in [0.25, 0.3) is 0 Å². The Bertz CT molecular complexity index is 3420. The third kappa shape index (κ3) is 4.80. The zero-order valence-corrected chi connectivity index (χ0v) is 38.9. The van der Waals surface area contributed by atoms with E-state index in [-0.39, 0.29) is 24.3 Å². The summed E-state index contributed by atoms with van der Waals surface area (Å²) in [5.74, 6) is 0. The summed E-state index contributed by atoms with van der Waals surface area (Å²) in [4.78, 5) is 0. The van der Waals surface area contributed by atoms with Crippen molar-refractivity contribution in [1.82, 2.24) is 0 Å². The van der Waals surface area contributed by atoms with E-state index < -0.39 is 0 Å². The molecule has 0 N–H and O–H groups in total. The van der Waals surface area contributed by atoms with Gasteiger partial charge >= 0.3 is 0 Å².